The number of alkyl halides is 2. The van der Waals surface area contributed by atoms with Gasteiger partial charge < -0.3 is 19.5 Å². The Bertz CT molecular complexity index is 1600. The van der Waals surface area contributed by atoms with Crippen LogP contribution in [0.25, 0.3) is 22.1 Å². The predicted molar refractivity (Wildman–Crippen MR) is 137 cm³/mol. The molecule has 1 fully saturated rings. The number of benzene rings is 2. The summed E-state index contributed by atoms with van der Waals surface area (Å²) in [4.78, 5) is 23.4. The second kappa shape index (κ2) is 9.23. The molecular weight excluding hydrogens is 478 g/mol. The summed E-state index contributed by atoms with van der Waals surface area (Å²) in [6.07, 6.45) is 3.37. The SMILES string of the molecule is Cc1cc(Nc2ncnc3cnc(N4CCCC4C(F)F)nc23)ccc1Oc1ccc2c(c1)ncn2C. The predicted octanol–water partition coefficient (Wildman–Crippen LogP) is 5.38. The van der Waals surface area contributed by atoms with E-state index in [-0.39, 0.29) is 5.95 Å². The second-order valence-electron chi connectivity index (χ2n) is 9.08. The Morgan fingerprint density at radius 3 is 2.78 bits per heavy atom. The Morgan fingerprint density at radius 1 is 1.05 bits per heavy atom. The number of rotatable bonds is 6. The minimum Gasteiger partial charge on any atom is -0.457 e. The summed E-state index contributed by atoms with van der Waals surface area (Å²) in [5, 5.41) is 3.28. The number of halogens is 2. The van der Waals surface area contributed by atoms with Crippen LogP contribution in [0.4, 0.5) is 26.2 Å². The Hall–Kier alpha value is -4.41. The van der Waals surface area contributed by atoms with Crippen LogP contribution in [-0.4, -0.2) is 48.5 Å². The van der Waals surface area contributed by atoms with Gasteiger partial charge in [-0.1, -0.05) is 0 Å². The normalized spacial score (nSPS) is 15.7. The van der Waals surface area contributed by atoms with Crippen molar-refractivity contribution < 1.29 is 13.5 Å². The number of aromatic nitrogens is 6. The summed E-state index contributed by atoms with van der Waals surface area (Å²) in [5.41, 5.74) is 4.57. The Kier molecular flexibility index (Phi) is 5.74. The molecule has 1 N–H and O–H groups in total. The molecule has 0 bridgehead atoms. The van der Waals surface area contributed by atoms with Gasteiger partial charge in [-0.25, -0.2) is 33.7 Å². The summed E-state index contributed by atoms with van der Waals surface area (Å²) in [6.45, 7) is 2.45. The summed E-state index contributed by atoms with van der Waals surface area (Å²) in [5.74, 6) is 2.14. The highest BCUT2D eigenvalue weighted by Gasteiger charge is 2.33. The molecule has 1 saturated heterocycles. The zero-order chi connectivity index (χ0) is 25.5. The van der Waals surface area contributed by atoms with Crippen LogP contribution in [0.2, 0.25) is 0 Å². The van der Waals surface area contributed by atoms with Crippen molar-refractivity contribution in [1.82, 2.24) is 29.5 Å². The van der Waals surface area contributed by atoms with E-state index in [9.17, 15) is 8.78 Å². The molecule has 11 heteroatoms. The third kappa shape index (κ3) is 4.37. The maximum absolute atomic E-state index is 13.5. The van der Waals surface area contributed by atoms with Gasteiger partial charge in [-0.05, 0) is 55.7 Å². The van der Waals surface area contributed by atoms with E-state index in [4.69, 9.17) is 4.74 Å². The molecule has 6 rings (SSSR count). The minimum absolute atomic E-state index is 0.262. The average molecular weight is 503 g/mol. The zero-order valence-electron chi connectivity index (χ0n) is 20.3. The highest BCUT2D eigenvalue weighted by molar-refractivity contribution is 5.87. The second-order valence-corrected chi connectivity index (χ2v) is 9.08. The van der Waals surface area contributed by atoms with E-state index < -0.39 is 12.5 Å². The fraction of sp³-hybridized carbons (Fsp3) is 0.269. The number of imidazole rings is 1. The molecule has 0 spiro atoms. The lowest BCUT2D eigenvalue weighted by Crippen LogP contribution is -2.36. The Morgan fingerprint density at radius 2 is 1.95 bits per heavy atom. The summed E-state index contributed by atoms with van der Waals surface area (Å²) < 4.78 is 35.0. The summed E-state index contributed by atoms with van der Waals surface area (Å²) >= 11 is 0. The van der Waals surface area contributed by atoms with E-state index in [1.54, 1.807) is 17.4 Å². The zero-order valence-corrected chi connectivity index (χ0v) is 20.3. The molecule has 0 saturated carbocycles. The van der Waals surface area contributed by atoms with E-state index >= 15 is 0 Å². The van der Waals surface area contributed by atoms with Crippen molar-refractivity contribution in [3.05, 3.63) is 60.8 Å². The molecule has 37 heavy (non-hydrogen) atoms. The molecule has 1 aliphatic heterocycles. The molecule has 188 valence electrons. The van der Waals surface area contributed by atoms with Crippen molar-refractivity contribution in [3.63, 3.8) is 0 Å². The Balaban J connectivity index is 1.26. The summed E-state index contributed by atoms with van der Waals surface area (Å²) in [7, 11) is 1.95. The maximum atomic E-state index is 13.5. The number of aryl methyl sites for hydroxylation is 2. The van der Waals surface area contributed by atoms with Gasteiger partial charge in [0.2, 0.25) is 5.95 Å². The number of nitrogens with one attached hydrogen (secondary N) is 1. The first kappa shape index (κ1) is 23.0. The highest BCUT2D eigenvalue weighted by atomic mass is 19.3. The van der Waals surface area contributed by atoms with Crippen molar-refractivity contribution in [2.75, 3.05) is 16.8 Å². The lowest BCUT2D eigenvalue weighted by atomic mass is 10.2. The van der Waals surface area contributed by atoms with Crippen LogP contribution in [0.3, 0.4) is 0 Å². The number of anilines is 3. The quantitative estimate of drug-likeness (QED) is 0.331. The molecule has 1 atom stereocenters. The van der Waals surface area contributed by atoms with Crippen LogP contribution in [0, 0.1) is 6.92 Å². The largest absolute Gasteiger partial charge is 0.457 e. The first-order valence-electron chi connectivity index (χ1n) is 12.0. The Labute approximate surface area is 211 Å². The van der Waals surface area contributed by atoms with Crippen molar-refractivity contribution in [1.29, 1.82) is 0 Å². The number of nitrogens with zero attached hydrogens (tertiary/aromatic N) is 7. The summed E-state index contributed by atoms with van der Waals surface area (Å²) in [6, 6.07) is 10.6. The van der Waals surface area contributed by atoms with E-state index in [1.807, 2.05) is 54.9 Å². The van der Waals surface area contributed by atoms with Gasteiger partial charge in [-0.3, -0.25) is 0 Å². The fourth-order valence-electron chi connectivity index (χ4n) is 4.66. The van der Waals surface area contributed by atoms with Crippen LogP contribution in [0.5, 0.6) is 11.5 Å². The fourth-order valence-corrected chi connectivity index (χ4v) is 4.66. The lowest BCUT2D eigenvalue weighted by molar-refractivity contribution is 0.117. The van der Waals surface area contributed by atoms with Gasteiger partial charge in [-0.15, -0.1) is 0 Å². The van der Waals surface area contributed by atoms with Crippen molar-refractivity contribution in [2.24, 2.45) is 7.05 Å². The molecule has 3 aromatic heterocycles. The van der Waals surface area contributed by atoms with Crippen molar-refractivity contribution in [3.8, 4) is 11.5 Å². The van der Waals surface area contributed by atoms with Gasteiger partial charge in [0.1, 0.15) is 28.9 Å². The highest BCUT2D eigenvalue weighted by Crippen LogP contribution is 2.32. The van der Waals surface area contributed by atoms with Crippen LogP contribution < -0.4 is 15.0 Å². The van der Waals surface area contributed by atoms with Crippen LogP contribution in [-0.2, 0) is 7.05 Å². The molecule has 1 unspecified atom stereocenters. The van der Waals surface area contributed by atoms with E-state index in [1.165, 1.54) is 6.33 Å². The molecule has 9 nitrogen and oxygen atoms in total. The molecule has 0 radical (unpaired) electrons. The molecule has 0 aliphatic carbocycles. The third-order valence-corrected chi connectivity index (χ3v) is 6.57. The van der Waals surface area contributed by atoms with E-state index in [0.717, 1.165) is 22.3 Å². The number of fused-ring (bicyclic) bond motifs is 2. The van der Waals surface area contributed by atoms with Crippen LogP contribution in [0.15, 0.2) is 55.2 Å². The van der Waals surface area contributed by atoms with Gasteiger partial charge in [0.25, 0.3) is 6.43 Å². The van der Waals surface area contributed by atoms with Gasteiger partial charge in [-0.2, -0.15) is 0 Å². The molecular formula is C26H24F2N8O. The maximum Gasteiger partial charge on any atom is 0.258 e. The smallest absolute Gasteiger partial charge is 0.258 e. The minimum atomic E-state index is -2.46. The van der Waals surface area contributed by atoms with Crippen LogP contribution in [0.1, 0.15) is 18.4 Å². The molecule has 1 aliphatic rings. The molecule has 4 heterocycles. The first-order valence-corrected chi connectivity index (χ1v) is 12.0. The number of hydrogen-bond donors (Lipinski definition) is 1. The van der Waals surface area contributed by atoms with Crippen molar-refractivity contribution in [2.45, 2.75) is 32.2 Å². The third-order valence-electron chi connectivity index (χ3n) is 6.57. The lowest BCUT2D eigenvalue weighted by Gasteiger charge is -2.24. The molecule has 0 amide bonds. The standard InChI is InChI=1S/C26H24F2N8O/c1-15-10-16(5-8-22(15)37-17-6-7-20-18(11-17)32-14-35(20)2)33-25-23-19(30-13-31-25)12-29-26(34-23)36-9-3-4-21(36)24(27)28/h5-8,10-14,21,24H,3-4,9H2,1-2H3,(H,30,31,33). The molecule has 5 aromatic rings. The monoisotopic (exact) mass is 502 g/mol. The number of ether oxygens (including phenoxy) is 1. The van der Waals surface area contributed by atoms with Gasteiger partial charge >= 0.3 is 0 Å². The van der Waals surface area contributed by atoms with E-state index in [2.05, 4.69) is 30.2 Å². The van der Waals surface area contributed by atoms with Gasteiger partial charge in [0.05, 0.1) is 29.6 Å². The van der Waals surface area contributed by atoms with Crippen molar-refractivity contribution >= 4 is 39.5 Å². The van der Waals surface area contributed by atoms with E-state index in [0.29, 0.717) is 47.7 Å². The first-order chi connectivity index (χ1) is 18.0. The van der Waals surface area contributed by atoms with Gasteiger partial charge in [0.15, 0.2) is 5.82 Å². The average Bonchev–Trinajstić information content (AvgIpc) is 3.53. The van der Waals surface area contributed by atoms with Crippen LogP contribution >= 0.6 is 0 Å². The molecule has 2 aromatic carbocycles. The number of hydrogen-bond acceptors (Lipinski definition) is 8. The van der Waals surface area contributed by atoms with Gasteiger partial charge in [0, 0.05) is 25.3 Å². The topological polar surface area (TPSA) is 93.9 Å².